The van der Waals surface area contributed by atoms with Crippen molar-refractivity contribution in [1.82, 2.24) is 4.90 Å². The highest BCUT2D eigenvalue weighted by Gasteiger charge is 2.32. The van der Waals surface area contributed by atoms with Crippen LogP contribution in [0.2, 0.25) is 0 Å². The molecule has 196 valence electrons. The number of carbonyl (C=O) groups excluding carboxylic acids is 1. The van der Waals surface area contributed by atoms with Crippen LogP contribution in [0.1, 0.15) is 48.3 Å². The van der Waals surface area contributed by atoms with E-state index in [1.54, 1.807) is 45.6 Å². The maximum absolute atomic E-state index is 13.6. The lowest BCUT2D eigenvalue weighted by Gasteiger charge is -2.37. The summed E-state index contributed by atoms with van der Waals surface area (Å²) in [5.74, 6) is 0.797. The molecule has 1 saturated heterocycles. The Morgan fingerprint density at radius 2 is 1.24 bits per heavy atom. The van der Waals surface area contributed by atoms with Gasteiger partial charge in [0, 0.05) is 19.0 Å². The number of halogens is 2. The van der Waals surface area contributed by atoms with Crippen LogP contribution in [0, 0.1) is 17.6 Å². The standard InChI is InChI=1S/C30H33F2NO4/c1-19(23-17-26(35-2)29(37-4)27(18-23)36-3)30(34)33-15-13-22(14-16-33)28(20-5-9-24(31)10-6-20)21-7-11-25(32)12-8-21/h5-12,17-19,22,28H,13-16H2,1-4H3. The first-order valence-corrected chi connectivity index (χ1v) is 12.5. The smallest absolute Gasteiger partial charge is 0.229 e. The van der Waals surface area contributed by atoms with Crippen molar-refractivity contribution in [3.05, 3.63) is 89.0 Å². The summed E-state index contributed by atoms with van der Waals surface area (Å²) in [5, 5.41) is 0. The van der Waals surface area contributed by atoms with Crippen molar-refractivity contribution in [2.24, 2.45) is 5.92 Å². The number of likely N-dealkylation sites (tertiary alicyclic amines) is 1. The van der Waals surface area contributed by atoms with Gasteiger partial charge in [0.05, 0.1) is 27.2 Å². The molecule has 1 heterocycles. The van der Waals surface area contributed by atoms with Gasteiger partial charge in [0.25, 0.3) is 0 Å². The SMILES string of the molecule is COc1cc(C(C)C(=O)N2CCC(C(c3ccc(F)cc3)c3ccc(F)cc3)CC2)cc(OC)c1OC. The zero-order valence-electron chi connectivity index (χ0n) is 21.7. The fourth-order valence-corrected chi connectivity index (χ4v) is 5.30. The third kappa shape index (κ3) is 5.71. The first kappa shape index (κ1) is 26.5. The number of nitrogens with zero attached hydrogens (tertiary/aromatic N) is 1. The van der Waals surface area contributed by atoms with E-state index in [9.17, 15) is 13.6 Å². The normalized spacial score (nSPS) is 14.9. The van der Waals surface area contributed by atoms with Crippen LogP contribution in [0.5, 0.6) is 17.2 Å². The Bertz CT molecular complexity index is 1130. The summed E-state index contributed by atoms with van der Waals surface area (Å²) in [7, 11) is 4.65. The summed E-state index contributed by atoms with van der Waals surface area (Å²) in [6.45, 7) is 3.10. The van der Waals surface area contributed by atoms with Crippen LogP contribution >= 0.6 is 0 Å². The van der Waals surface area contributed by atoms with Crippen LogP contribution < -0.4 is 14.2 Å². The molecule has 7 heteroatoms. The van der Waals surface area contributed by atoms with Crippen LogP contribution in [-0.2, 0) is 4.79 Å². The van der Waals surface area contributed by atoms with Crippen molar-refractivity contribution in [2.75, 3.05) is 34.4 Å². The molecule has 5 nitrogen and oxygen atoms in total. The first-order valence-electron chi connectivity index (χ1n) is 12.5. The number of hydrogen-bond acceptors (Lipinski definition) is 4. The minimum absolute atomic E-state index is 0.00835. The molecule has 3 aromatic rings. The van der Waals surface area contributed by atoms with Gasteiger partial charge in [-0.25, -0.2) is 8.78 Å². The third-order valence-electron chi connectivity index (χ3n) is 7.34. The lowest BCUT2D eigenvalue weighted by molar-refractivity contribution is -0.133. The van der Waals surface area contributed by atoms with Crippen LogP contribution in [0.25, 0.3) is 0 Å². The monoisotopic (exact) mass is 509 g/mol. The topological polar surface area (TPSA) is 48.0 Å². The van der Waals surface area contributed by atoms with Crippen LogP contribution in [0.3, 0.4) is 0 Å². The summed E-state index contributed by atoms with van der Waals surface area (Å²) in [6, 6.07) is 16.7. The summed E-state index contributed by atoms with van der Waals surface area (Å²) in [6.07, 6.45) is 1.57. The second-order valence-corrected chi connectivity index (χ2v) is 9.42. The number of benzene rings is 3. The van der Waals surface area contributed by atoms with E-state index in [4.69, 9.17) is 14.2 Å². The number of methoxy groups -OCH3 is 3. The second-order valence-electron chi connectivity index (χ2n) is 9.42. The molecule has 0 radical (unpaired) electrons. The van der Waals surface area contributed by atoms with E-state index in [2.05, 4.69) is 0 Å². The number of hydrogen-bond donors (Lipinski definition) is 0. The summed E-state index contributed by atoms with van der Waals surface area (Å²) >= 11 is 0. The molecule has 0 spiro atoms. The van der Waals surface area contributed by atoms with Crippen molar-refractivity contribution in [1.29, 1.82) is 0 Å². The van der Waals surface area contributed by atoms with E-state index < -0.39 is 5.92 Å². The highest BCUT2D eigenvalue weighted by atomic mass is 19.1. The zero-order valence-corrected chi connectivity index (χ0v) is 21.7. The van der Waals surface area contributed by atoms with E-state index in [0.717, 1.165) is 29.5 Å². The number of rotatable bonds is 8. The van der Waals surface area contributed by atoms with Gasteiger partial charge in [0.2, 0.25) is 11.7 Å². The molecule has 1 amide bonds. The molecule has 0 aliphatic carbocycles. The third-order valence-corrected chi connectivity index (χ3v) is 7.34. The van der Waals surface area contributed by atoms with Crippen LogP contribution in [0.4, 0.5) is 8.78 Å². The van der Waals surface area contributed by atoms with Gasteiger partial charge in [-0.3, -0.25) is 4.79 Å². The van der Waals surface area contributed by atoms with Crippen molar-refractivity contribution in [3.63, 3.8) is 0 Å². The average Bonchev–Trinajstić information content (AvgIpc) is 2.93. The van der Waals surface area contributed by atoms with Gasteiger partial charge in [-0.2, -0.15) is 0 Å². The van der Waals surface area contributed by atoms with Crippen molar-refractivity contribution >= 4 is 5.91 Å². The van der Waals surface area contributed by atoms with Crippen LogP contribution in [0.15, 0.2) is 60.7 Å². The van der Waals surface area contributed by atoms with Gasteiger partial charge in [-0.05, 0) is 78.8 Å². The Kier molecular flexibility index (Phi) is 8.31. The Morgan fingerprint density at radius 1 is 0.784 bits per heavy atom. The molecule has 4 rings (SSSR count). The van der Waals surface area contributed by atoms with Crippen molar-refractivity contribution < 1.29 is 27.8 Å². The fraction of sp³-hybridized carbons (Fsp3) is 0.367. The Morgan fingerprint density at radius 3 is 1.65 bits per heavy atom. The van der Waals surface area contributed by atoms with Gasteiger partial charge in [-0.15, -0.1) is 0 Å². The second kappa shape index (κ2) is 11.6. The molecular formula is C30H33F2NO4. The molecule has 37 heavy (non-hydrogen) atoms. The van der Waals surface area contributed by atoms with Gasteiger partial charge in [0.1, 0.15) is 11.6 Å². The minimum atomic E-state index is -0.393. The maximum Gasteiger partial charge on any atom is 0.229 e. The van der Waals surface area contributed by atoms with E-state index >= 15 is 0 Å². The zero-order chi connectivity index (χ0) is 26.5. The highest BCUT2D eigenvalue weighted by Crippen LogP contribution is 2.41. The molecule has 3 aromatic carbocycles. The summed E-state index contributed by atoms with van der Waals surface area (Å²) < 4.78 is 43.6. The molecule has 1 unspecified atom stereocenters. The number of carbonyl (C=O) groups is 1. The first-order chi connectivity index (χ1) is 17.9. The number of amides is 1. The molecule has 1 aliphatic heterocycles. The lowest BCUT2D eigenvalue weighted by Crippen LogP contribution is -2.41. The van der Waals surface area contributed by atoms with Gasteiger partial charge < -0.3 is 19.1 Å². The molecule has 1 aliphatic rings. The van der Waals surface area contributed by atoms with Crippen molar-refractivity contribution in [3.8, 4) is 17.2 Å². The van der Waals surface area contributed by atoms with Gasteiger partial charge in [0.15, 0.2) is 11.5 Å². The van der Waals surface area contributed by atoms with E-state index in [-0.39, 0.29) is 29.4 Å². The summed E-state index contributed by atoms with van der Waals surface area (Å²) in [5.41, 5.74) is 2.77. The minimum Gasteiger partial charge on any atom is -0.493 e. The Hall–Kier alpha value is -3.61. The molecule has 0 saturated carbocycles. The number of piperidine rings is 1. The highest BCUT2D eigenvalue weighted by molar-refractivity contribution is 5.84. The van der Waals surface area contributed by atoms with Crippen molar-refractivity contribution in [2.45, 2.75) is 31.6 Å². The quantitative estimate of drug-likeness (QED) is 0.365. The molecular weight excluding hydrogens is 476 g/mol. The number of ether oxygens (including phenoxy) is 3. The molecule has 0 N–H and O–H groups in total. The van der Waals surface area contributed by atoms with Gasteiger partial charge >= 0.3 is 0 Å². The molecule has 1 fully saturated rings. The molecule has 0 aromatic heterocycles. The fourth-order valence-electron chi connectivity index (χ4n) is 5.30. The maximum atomic E-state index is 13.6. The van der Waals surface area contributed by atoms with Crippen LogP contribution in [-0.4, -0.2) is 45.2 Å². The molecule has 0 bridgehead atoms. The summed E-state index contributed by atoms with van der Waals surface area (Å²) in [4.78, 5) is 15.4. The van der Waals surface area contributed by atoms with E-state index in [0.29, 0.717) is 30.3 Å². The van der Waals surface area contributed by atoms with E-state index in [1.165, 1.54) is 24.3 Å². The Labute approximate surface area is 217 Å². The lowest BCUT2D eigenvalue weighted by atomic mass is 9.76. The van der Waals surface area contributed by atoms with E-state index in [1.807, 2.05) is 24.0 Å². The largest absolute Gasteiger partial charge is 0.493 e. The van der Waals surface area contributed by atoms with Gasteiger partial charge in [-0.1, -0.05) is 24.3 Å². The predicted octanol–water partition coefficient (Wildman–Crippen LogP) is 6.16. The Balaban J connectivity index is 1.51. The molecule has 1 atom stereocenters. The average molecular weight is 510 g/mol. The predicted molar refractivity (Wildman–Crippen MR) is 138 cm³/mol.